The van der Waals surface area contributed by atoms with Crippen LogP contribution in [-0.4, -0.2) is 169 Å². The molecule has 0 aromatic rings. The lowest BCUT2D eigenvalue weighted by molar-refractivity contribution is -0.141. The fraction of sp³-hybridized carbons (Fsp3) is 0.800. The van der Waals surface area contributed by atoms with Crippen LogP contribution in [0.4, 0.5) is 0 Å². The monoisotopic (exact) mass is 492 g/mol. The van der Waals surface area contributed by atoms with E-state index in [1.54, 1.807) is 19.6 Å². The van der Waals surface area contributed by atoms with E-state index in [4.69, 9.17) is 19.7 Å². The first-order valence-electron chi connectivity index (χ1n) is 11.1. The van der Waals surface area contributed by atoms with Crippen molar-refractivity contribution in [2.24, 2.45) is 0 Å². The topological polar surface area (TPSA) is 181 Å². The summed E-state index contributed by atoms with van der Waals surface area (Å²) in [5, 5.41) is 36.8. The smallest absolute Gasteiger partial charge is 0.317 e. The van der Waals surface area contributed by atoms with Gasteiger partial charge < -0.3 is 29.9 Å². The van der Waals surface area contributed by atoms with Crippen LogP contribution in [-0.2, 0) is 28.7 Å². The Kier molecular flexibility index (Phi) is 14.9. The van der Waals surface area contributed by atoms with E-state index in [0.717, 1.165) is 0 Å². The van der Waals surface area contributed by atoms with Crippen molar-refractivity contribution in [3.8, 4) is 0 Å². The maximum atomic E-state index is 11.3. The van der Waals surface area contributed by atoms with Gasteiger partial charge in [-0.1, -0.05) is 0 Å². The summed E-state index contributed by atoms with van der Waals surface area (Å²) < 4.78 is 11.0. The lowest BCUT2D eigenvalue weighted by Crippen LogP contribution is -2.46. The normalized spacial score (nSPS) is 20.2. The van der Waals surface area contributed by atoms with E-state index in [9.17, 15) is 29.4 Å². The second-order valence-electron chi connectivity index (χ2n) is 7.90. The van der Waals surface area contributed by atoms with Crippen LogP contribution in [0, 0.1) is 0 Å². The molecule has 1 heterocycles. The number of carboxylic acids is 4. The zero-order chi connectivity index (χ0) is 25.3. The maximum absolute atomic E-state index is 11.3. The van der Waals surface area contributed by atoms with Crippen LogP contribution >= 0.6 is 0 Å². The van der Waals surface area contributed by atoms with Crippen LogP contribution in [0.25, 0.3) is 0 Å². The first-order chi connectivity index (χ1) is 16.2. The molecule has 0 spiro atoms. The first kappa shape index (κ1) is 29.7. The Balaban J connectivity index is 2.90. The van der Waals surface area contributed by atoms with Crippen molar-refractivity contribution in [3.05, 3.63) is 0 Å². The molecule has 1 rings (SSSR count). The highest BCUT2D eigenvalue weighted by atomic mass is 16.5. The number of carbonyl (C=O) groups is 4. The molecule has 1 aliphatic rings. The molecule has 0 unspecified atom stereocenters. The average molecular weight is 493 g/mol. The van der Waals surface area contributed by atoms with E-state index in [1.807, 2.05) is 0 Å². The van der Waals surface area contributed by atoms with Gasteiger partial charge in [-0.3, -0.25) is 38.8 Å². The summed E-state index contributed by atoms with van der Waals surface area (Å²) in [4.78, 5) is 51.5. The molecule has 0 aromatic carbocycles. The predicted octanol–water partition coefficient (Wildman–Crippen LogP) is -2.42. The van der Waals surface area contributed by atoms with E-state index in [-0.39, 0.29) is 78.8 Å². The minimum atomic E-state index is -1.05. The minimum Gasteiger partial charge on any atom is -0.480 e. The number of hydrogen-bond acceptors (Lipinski definition) is 10. The van der Waals surface area contributed by atoms with Gasteiger partial charge in [-0.25, -0.2) is 0 Å². The number of carboxylic acid groups (broad SMARTS) is 4. The molecule has 0 aliphatic carbocycles. The first-order valence-corrected chi connectivity index (χ1v) is 11.1. The number of rotatable bonds is 8. The van der Waals surface area contributed by atoms with Crippen molar-refractivity contribution in [1.29, 1.82) is 0 Å². The maximum Gasteiger partial charge on any atom is 0.317 e. The summed E-state index contributed by atoms with van der Waals surface area (Å²) in [5.74, 6) is -4.11. The number of aliphatic carboxylic acids is 4. The van der Waals surface area contributed by atoms with Crippen molar-refractivity contribution < 1.29 is 49.1 Å². The fourth-order valence-corrected chi connectivity index (χ4v) is 3.40. The summed E-state index contributed by atoms with van der Waals surface area (Å²) in [7, 11) is 0. The zero-order valence-corrected chi connectivity index (χ0v) is 19.3. The van der Waals surface area contributed by atoms with Gasteiger partial charge in [0.2, 0.25) is 0 Å². The molecule has 34 heavy (non-hydrogen) atoms. The van der Waals surface area contributed by atoms with Crippen LogP contribution in [0.3, 0.4) is 0 Å². The molecular formula is C20H36N4O10. The second-order valence-corrected chi connectivity index (χ2v) is 7.90. The largest absolute Gasteiger partial charge is 0.480 e. The predicted molar refractivity (Wildman–Crippen MR) is 118 cm³/mol. The summed E-state index contributed by atoms with van der Waals surface area (Å²) >= 11 is 0. The summed E-state index contributed by atoms with van der Waals surface area (Å²) in [6.07, 6.45) is 0. The Bertz CT molecular complexity index is 597. The Morgan fingerprint density at radius 3 is 0.912 bits per heavy atom. The van der Waals surface area contributed by atoms with Gasteiger partial charge in [0, 0.05) is 52.4 Å². The van der Waals surface area contributed by atoms with Crippen LogP contribution in [0.2, 0.25) is 0 Å². The molecule has 0 atom stereocenters. The second kappa shape index (κ2) is 17.1. The van der Waals surface area contributed by atoms with E-state index in [1.165, 1.54) is 0 Å². The lowest BCUT2D eigenvalue weighted by atomic mass is 10.3. The van der Waals surface area contributed by atoms with Crippen molar-refractivity contribution in [3.63, 3.8) is 0 Å². The van der Waals surface area contributed by atoms with Crippen molar-refractivity contribution in [2.45, 2.75) is 0 Å². The molecule has 1 fully saturated rings. The van der Waals surface area contributed by atoms with Gasteiger partial charge in [-0.2, -0.15) is 0 Å². The highest BCUT2D eigenvalue weighted by Crippen LogP contribution is 1.99. The van der Waals surface area contributed by atoms with Gasteiger partial charge in [-0.05, 0) is 0 Å². The zero-order valence-electron chi connectivity index (χ0n) is 19.3. The molecule has 0 saturated carbocycles. The van der Waals surface area contributed by atoms with Crippen LogP contribution in [0.1, 0.15) is 0 Å². The number of hydrogen-bond donors (Lipinski definition) is 4. The van der Waals surface area contributed by atoms with Gasteiger partial charge >= 0.3 is 23.9 Å². The standard InChI is InChI=1S/C20H36N4O10/c25-17(26)13-21-1-2-22(14-18(27)28)4-6-24(16-20(31)32)8-10-34-12-11-33-9-7-23(5-3-21)15-19(29)30/h1-16H2,(H,25,26)(H,27,28)(H,29,30)(H,31,32). The molecule has 0 aromatic heterocycles. The molecule has 0 radical (unpaired) electrons. The molecule has 1 aliphatic heterocycles. The fourth-order valence-electron chi connectivity index (χ4n) is 3.40. The Morgan fingerprint density at radius 1 is 0.441 bits per heavy atom. The number of ether oxygens (including phenoxy) is 2. The van der Waals surface area contributed by atoms with E-state index >= 15 is 0 Å². The summed E-state index contributed by atoms with van der Waals surface area (Å²) in [6.45, 7) is 2.44. The molecule has 0 amide bonds. The SMILES string of the molecule is O=C(O)CN1CCOCCOCCN(CC(=O)O)CCN(CC(=O)O)CCN(CC(=O)O)CC1. The molecule has 4 N–H and O–H groups in total. The third-order valence-electron chi connectivity index (χ3n) is 5.11. The summed E-state index contributed by atoms with van der Waals surface area (Å²) in [5.41, 5.74) is 0. The van der Waals surface area contributed by atoms with Crippen LogP contribution < -0.4 is 0 Å². The quantitative estimate of drug-likeness (QED) is 0.281. The lowest BCUT2D eigenvalue weighted by Gasteiger charge is -2.29. The van der Waals surface area contributed by atoms with Crippen molar-refractivity contribution in [2.75, 3.05) is 105 Å². The third-order valence-corrected chi connectivity index (χ3v) is 5.11. The number of nitrogens with zero attached hydrogens (tertiary/aromatic N) is 4. The van der Waals surface area contributed by atoms with Crippen LogP contribution in [0.5, 0.6) is 0 Å². The van der Waals surface area contributed by atoms with Crippen molar-refractivity contribution >= 4 is 23.9 Å². The van der Waals surface area contributed by atoms with E-state index in [0.29, 0.717) is 26.2 Å². The molecule has 196 valence electrons. The highest BCUT2D eigenvalue weighted by Gasteiger charge is 2.18. The van der Waals surface area contributed by atoms with Gasteiger partial charge in [-0.15, -0.1) is 0 Å². The summed E-state index contributed by atoms with van der Waals surface area (Å²) in [6, 6.07) is 0. The molecule has 14 nitrogen and oxygen atoms in total. The Morgan fingerprint density at radius 2 is 0.676 bits per heavy atom. The van der Waals surface area contributed by atoms with Gasteiger partial charge in [0.15, 0.2) is 0 Å². The molecular weight excluding hydrogens is 456 g/mol. The van der Waals surface area contributed by atoms with Gasteiger partial charge in [0.25, 0.3) is 0 Å². The van der Waals surface area contributed by atoms with Gasteiger partial charge in [0.05, 0.1) is 52.6 Å². The minimum absolute atomic E-state index is 0.217. The highest BCUT2D eigenvalue weighted by molar-refractivity contribution is 5.70. The van der Waals surface area contributed by atoms with E-state index in [2.05, 4.69) is 0 Å². The molecule has 1 saturated heterocycles. The van der Waals surface area contributed by atoms with Gasteiger partial charge in [0.1, 0.15) is 0 Å². The third kappa shape index (κ3) is 15.5. The molecule has 0 bridgehead atoms. The molecule has 14 heteroatoms. The van der Waals surface area contributed by atoms with E-state index < -0.39 is 23.9 Å². The Hall–Kier alpha value is -2.36. The van der Waals surface area contributed by atoms with Crippen LogP contribution in [0.15, 0.2) is 0 Å². The average Bonchev–Trinajstić information content (AvgIpc) is 2.72. The van der Waals surface area contributed by atoms with Crippen molar-refractivity contribution in [1.82, 2.24) is 19.6 Å². The Labute approximate surface area is 198 Å².